The largest absolute Gasteiger partial charge is 0.465 e. The van der Waals surface area contributed by atoms with E-state index >= 15 is 0 Å². The van der Waals surface area contributed by atoms with E-state index in [4.69, 9.17) is 9.47 Å². The van der Waals surface area contributed by atoms with Crippen molar-refractivity contribution in [3.8, 4) is 0 Å². The smallest absolute Gasteiger partial charge is 0.324 e. The second kappa shape index (κ2) is 8.21. The molecule has 0 aliphatic heterocycles. The highest BCUT2D eigenvalue weighted by Crippen LogP contribution is 2.67. The molecule has 0 N–H and O–H groups in total. The molecule has 1 fully saturated rings. The third-order valence-corrected chi connectivity index (χ3v) is 4.95. The van der Waals surface area contributed by atoms with E-state index in [1.807, 2.05) is 72.8 Å². The van der Waals surface area contributed by atoms with Gasteiger partial charge in [-0.05, 0) is 25.0 Å². The molecule has 0 amide bonds. The standard InChI is InChI=1S/C23H24O4/c1-3-26-21(24)23(22(25)27-4-2)19(16-15-17-11-7-5-8-12-17)20(23)18-13-9-6-10-14-18/h5-16,19-20H,3-4H2,1-2H3/b16-15+/t19-,20-/m1/s1. The lowest BCUT2D eigenvalue weighted by Crippen LogP contribution is -2.33. The Morgan fingerprint density at radius 3 is 1.93 bits per heavy atom. The van der Waals surface area contributed by atoms with Crippen LogP contribution in [-0.4, -0.2) is 25.2 Å². The number of hydrogen-bond donors (Lipinski definition) is 0. The summed E-state index contributed by atoms with van der Waals surface area (Å²) < 4.78 is 10.6. The third-order valence-electron chi connectivity index (χ3n) is 4.95. The van der Waals surface area contributed by atoms with Crippen LogP contribution in [0, 0.1) is 11.3 Å². The Morgan fingerprint density at radius 1 is 0.889 bits per heavy atom. The van der Waals surface area contributed by atoms with Crippen LogP contribution in [-0.2, 0) is 19.1 Å². The number of carbonyl (C=O) groups excluding carboxylic acids is 2. The molecule has 3 rings (SSSR count). The summed E-state index contributed by atoms with van der Waals surface area (Å²) in [6.45, 7) is 3.92. The van der Waals surface area contributed by atoms with Crippen molar-refractivity contribution in [2.75, 3.05) is 13.2 Å². The molecule has 2 aromatic rings. The lowest BCUT2D eigenvalue weighted by Gasteiger charge is -2.15. The van der Waals surface area contributed by atoms with E-state index in [0.29, 0.717) is 0 Å². The second-order valence-corrected chi connectivity index (χ2v) is 6.49. The minimum absolute atomic E-state index is 0.219. The Balaban J connectivity index is 2.01. The van der Waals surface area contributed by atoms with Gasteiger partial charge in [0.2, 0.25) is 0 Å². The number of hydrogen-bond acceptors (Lipinski definition) is 4. The summed E-state index contributed by atoms with van der Waals surface area (Å²) in [5, 5.41) is 0. The van der Waals surface area contributed by atoms with Crippen LogP contribution < -0.4 is 0 Å². The molecule has 0 saturated heterocycles. The van der Waals surface area contributed by atoms with Gasteiger partial charge in [-0.1, -0.05) is 72.8 Å². The molecule has 140 valence electrons. The van der Waals surface area contributed by atoms with Crippen molar-refractivity contribution in [1.82, 2.24) is 0 Å². The van der Waals surface area contributed by atoms with Gasteiger partial charge >= 0.3 is 11.9 Å². The number of ether oxygens (including phenoxy) is 2. The molecule has 27 heavy (non-hydrogen) atoms. The fraction of sp³-hybridized carbons (Fsp3) is 0.304. The number of carbonyl (C=O) groups is 2. The van der Waals surface area contributed by atoms with E-state index < -0.39 is 17.4 Å². The monoisotopic (exact) mass is 364 g/mol. The minimum atomic E-state index is -1.32. The Morgan fingerprint density at radius 2 is 1.41 bits per heavy atom. The molecule has 4 heteroatoms. The maximum Gasteiger partial charge on any atom is 0.324 e. The zero-order chi connectivity index (χ0) is 19.3. The van der Waals surface area contributed by atoms with E-state index in [-0.39, 0.29) is 25.0 Å². The first-order valence-corrected chi connectivity index (χ1v) is 9.28. The van der Waals surface area contributed by atoms with Gasteiger partial charge in [0.25, 0.3) is 0 Å². The molecule has 1 saturated carbocycles. The summed E-state index contributed by atoms with van der Waals surface area (Å²) >= 11 is 0. The molecule has 0 aromatic heterocycles. The van der Waals surface area contributed by atoms with Gasteiger partial charge in [0.1, 0.15) is 0 Å². The van der Waals surface area contributed by atoms with Crippen LogP contribution in [0.25, 0.3) is 6.08 Å². The maximum atomic E-state index is 12.9. The molecule has 1 aliphatic rings. The van der Waals surface area contributed by atoms with Crippen molar-refractivity contribution in [3.63, 3.8) is 0 Å². The van der Waals surface area contributed by atoms with Gasteiger partial charge in [-0.15, -0.1) is 0 Å². The number of benzene rings is 2. The predicted molar refractivity (Wildman–Crippen MR) is 104 cm³/mol. The SMILES string of the molecule is CCOC(=O)C1(C(=O)OCC)[C@H](/C=C/c2ccccc2)[C@H]1c1ccccc1. The fourth-order valence-electron chi connectivity index (χ4n) is 3.70. The fourth-order valence-corrected chi connectivity index (χ4v) is 3.70. The van der Waals surface area contributed by atoms with Gasteiger partial charge in [0.05, 0.1) is 13.2 Å². The van der Waals surface area contributed by atoms with Crippen LogP contribution >= 0.6 is 0 Å². The molecule has 0 spiro atoms. The van der Waals surface area contributed by atoms with Gasteiger partial charge in [-0.2, -0.15) is 0 Å². The lowest BCUT2D eigenvalue weighted by atomic mass is 9.98. The Bertz CT molecular complexity index is 793. The van der Waals surface area contributed by atoms with E-state index in [2.05, 4.69) is 0 Å². The Hall–Kier alpha value is -2.88. The quantitative estimate of drug-likeness (QED) is 0.545. The van der Waals surface area contributed by atoms with Crippen LogP contribution in [0.4, 0.5) is 0 Å². The topological polar surface area (TPSA) is 52.6 Å². The molecule has 0 radical (unpaired) electrons. The minimum Gasteiger partial charge on any atom is -0.465 e. The summed E-state index contributed by atoms with van der Waals surface area (Å²) in [6.07, 6.45) is 3.88. The predicted octanol–water partition coefficient (Wildman–Crippen LogP) is 4.23. The van der Waals surface area contributed by atoms with E-state index in [1.165, 1.54) is 0 Å². The maximum absolute atomic E-state index is 12.9. The first-order chi connectivity index (χ1) is 13.2. The van der Waals surface area contributed by atoms with Gasteiger partial charge in [0.15, 0.2) is 5.41 Å². The highest BCUT2D eigenvalue weighted by molar-refractivity contribution is 6.06. The van der Waals surface area contributed by atoms with Crippen molar-refractivity contribution in [2.45, 2.75) is 19.8 Å². The van der Waals surface area contributed by atoms with Crippen molar-refractivity contribution < 1.29 is 19.1 Å². The van der Waals surface area contributed by atoms with Crippen LogP contribution in [0.5, 0.6) is 0 Å². The van der Waals surface area contributed by atoms with Crippen molar-refractivity contribution >= 4 is 18.0 Å². The number of esters is 2. The van der Waals surface area contributed by atoms with Crippen molar-refractivity contribution in [3.05, 3.63) is 77.9 Å². The molecule has 0 heterocycles. The van der Waals surface area contributed by atoms with E-state index in [9.17, 15) is 9.59 Å². The normalized spacial score (nSPS) is 20.2. The highest BCUT2D eigenvalue weighted by Gasteiger charge is 2.75. The molecular weight excluding hydrogens is 340 g/mol. The first kappa shape index (κ1) is 18.9. The molecule has 1 aliphatic carbocycles. The molecular formula is C23H24O4. The first-order valence-electron chi connectivity index (χ1n) is 9.28. The van der Waals surface area contributed by atoms with Gasteiger partial charge < -0.3 is 9.47 Å². The van der Waals surface area contributed by atoms with Crippen molar-refractivity contribution in [2.24, 2.45) is 11.3 Å². The summed E-state index contributed by atoms with van der Waals surface area (Å²) in [6, 6.07) is 19.4. The summed E-state index contributed by atoms with van der Waals surface area (Å²) in [7, 11) is 0. The summed E-state index contributed by atoms with van der Waals surface area (Å²) in [5.74, 6) is -1.63. The molecule has 0 unspecified atom stereocenters. The molecule has 2 atom stereocenters. The average molecular weight is 364 g/mol. The zero-order valence-corrected chi connectivity index (χ0v) is 15.6. The third kappa shape index (κ3) is 3.52. The highest BCUT2D eigenvalue weighted by atomic mass is 16.6. The van der Waals surface area contributed by atoms with E-state index in [1.54, 1.807) is 13.8 Å². The van der Waals surface area contributed by atoms with Crippen LogP contribution in [0.2, 0.25) is 0 Å². The van der Waals surface area contributed by atoms with Crippen molar-refractivity contribution in [1.29, 1.82) is 0 Å². The lowest BCUT2D eigenvalue weighted by molar-refractivity contribution is -0.165. The molecule has 0 bridgehead atoms. The van der Waals surface area contributed by atoms with Gasteiger partial charge in [-0.25, -0.2) is 0 Å². The zero-order valence-electron chi connectivity index (χ0n) is 15.6. The van der Waals surface area contributed by atoms with Crippen LogP contribution in [0.15, 0.2) is 66.7 Å². The molecule has 4 nitrogen and oxygen atoms in total. The average Bonchev–Trinajstić information content (AvgIpc) is 3.38. The second-order valence-electron chi connectivity index (χ2n) is 6.49. The van der Waals surface area contributed by atoms with Crippen LogP contribution in [0.3, 0.4) is 0 Å². The van der Waals surface area contributed by atoms with Crippen LogP contribution in [0.1, 0.15) is 30.9 Å². The molecule has 2 aromatic carbocycles. The van der Waals surface area contributed by atoms with E-state index in [0.717, 1.165) is 11.1 Å². The van der Waals surface area contributed by atoms with Gasteiger partial charge in [-0.3, -0.25) is 9.59 Å². The summed E-state index contributed by atoms with van der Waals surface area (Å²) in [4.78, 5) is 25.8. The summed E-state index contributed by atoms with van der Waals surface area (Å²) in [5.41, 5.74) is 0.623. The Kier molecular flexibility index (Phi) is 5.75. The van der Waals surface area contributed by atoms with Gasteiger partial charge in [0, 0.05) is 11.8 Å². The number of rotatable bonds is 7. The Labute approximate surface area is 159 Å². The number of allylic oxidation sites excluding steroid dienone is 1.